The summed E-state index contributed by atoms with van der Waals surface area (Å²) in [5.41, 5.74) is 8.53. The van der Waals surface area contributed by atoms with Crippen molar-refractivity contribution in [1.82, 2.24) is 26.6 Å². The lowest BCUT2D eigenvalue weighted by Crippen LogP contribution is -2.50. The van der Waals surface area contributed by atoms with E-state index in [9.17, 15) is 28.8 Å². The van der Waals surface area contributed by atoms with Crippen LogP contribution < -0.4 is 32.3 Å². The average Bonchev–Trinajstić information content (AvgIpc) is 3.63. The van der Waals surface area contributed by atoms with Gasteiger partial charge in [-0.2, -0.15) is 0 Å². The molecule has 2 atom stereocenters. The Morgan fingerprint density at radius 1 is 0.840 bits per heavy atom. The zero-order valence-electron chi connectivity index (χ0n) is 27.8. The Morgan fingerprint density at radius 2 is 1.58 bits per heavy atom. The van der Waals surface area contributed by atoms with Crippen LogP contribution in [0.25, 0.3) is 0 Å². The second kappa shape index (κ2) is 18.7. The van der Waals surface area contributed by atoms with Gasteiger partial charge in [0.15, 0.2) is 0 Å². The topological polar surface area (TPSA) is 202 Å². The third-order valence-electron chi connectivity index (χ3n) is 8.70. The second-order valence-corrected chi connectivity index (χ2v) is 12.3. The molecule has 13 nitrogen and oxygen atoms in total. The summed E-state index contributed by atoms with van der Waals surface area (Å²) in [4.78, 5) is 74.4. The van der Waals surface area contributed by atoms with Crippen LogP contribution in [0, 0.1) is 5.92 Å². The van der Waals surface area contributed by atoms with Crippen LogP contribution >= 0.6 is 0 Å². The fraction of sp³-hybridized carbons (Fsp3) is 0.351. The minimum atomic E-state index is -0.977. The van der Waals surface area contributed by atoms with Crippen molar-refractivity contribution in [3.63, 3.8) is 0 Å². The van der Waals surface area contributed by atoms with Crippen LogP contribution in [0.2, 0.25) is 0 Å². The fourth-order valence-electron chi connectivity index (χ4n) is 5.96. The number of nitrogens with one attached hydrogen (secondary N) is 5. The number of benzene rings is 2. The minimum absolute atomic E-state index is 0.0453. The summed E-state index contributed by atoms with van der Waals surface area (Å²) in [6, 6.07) is 16.0. The molecule has 0 unspecified atom stereocenters. The summed E-state index contributed by atoms with van der Waals surface area (Å²) in [5.74, 6) is -1.81. The van der Waals surface area contributed by atoms with Crippen LogP contribution in [0.1, 0.15) is 53.7 Å². The van der Waals surface area contributed by atoms with E-state index in [2.05, 4.69) is 33.2 Å². The maximum Gasteiger partial charge on any atom is 0.243 e. The second-order valence-electron chi connectivity index (χ2n) is 12.3. The Hall–Kier alpha value is -5.72. The SMILES string of the molecule is C=CC(=O)NCc1cccc(C[C@H](NC(=O)Cc2ccccc2CNC(=O)[C@H](Cc2ccco2)NC(=O)[C@H]2CC[C@@H](NC=O)CC2)C(N)=O)c1. The van der Waals surface area contributed by atoms with Gasteiger partial charge >= 0.3 is 0 Å². The highest BCUT2D eigenvalue weighted by molar-refractivity contribution is 5.89. The molecule has 2 aromatic carbocycles. The molecule has 7 N–H and O–H groups in total. The van der Waals surface area contributed by atoms with E-state index in [1.807, 2.05) is 12.1 Å². The third kappa shape index (κ3) is 11.5. The van der Waals surface area contributed by atoms with E-state index in [0.717, 1.165) is 11.1 Å². The van der Waals surface area contributed by atoms with Crippen molar-refractivity contribution in [3.8, 4) is 0 Å². The summed E-state index contributed by atoms with van der Waals surface area (Å²) in [7, 11) is 0. The number of rotatable bonds is 18. The van der Waals surface area contributed by atoms with Crippen LogP contribution in [0.4, 0.5) is 0 Å². The van der Waals surface area contributed by atoms with E-state index in [1.165, 1.54) is 12.3 Å². The minimum Gasteiger partial charge on any atom is -0.469 e. The van der Waals surface area contributed by atoms with Gasteiger partial charge in [0.25, 0.3) is 0 Å². The van der Waals surface area contributed by atoms with Crippen LogP contribution in [0.3, 0.4) is 0 Å². The molecule has 0 aliphatic heterocycles. The predicted octanol–water partition coefficient (Wildman–Crippen LogP) is 1.49. The number of furan rings is 1. The van der Waals surface area contributed by atoms with Crippen molar-refractivity contribution in [2.75, 3.05) is 0 Å². The Bertz CT molecular complexity index is 1650. The summed E-state index contributed by atoms with van der Waals surface area (Å²) in [5, 5.41) is 14.0. The quantitative estimate of drug-likeness (QED) is 0.0860. The Labute approximate surface area is 290 Å². The molecular formula is C37H44N6O7. The van der Waals surface area contributed by atoms with Crippen molar-refractivity contribution in [2.24, 2.45) is 11.7 Å². The molecule has 13 heteroatoms. The summed E-state index contributed by atoms with van der Waals surface area (Å²) in [6.07, 6.45) is 6.15. The number of primary amides is 1. The van der Waals surface area contributed by atoms with Gasteiger partial charge in [0.2, 0.25) is 35.9 Å². The molecule has 1 aliphatic carbocycles. The number of hydrogen-bond acceptors (Lipinski definition) is 7. The highest BCUT2D eigenvalue weighted by Crippen LogP contribution is 2.24. The van der Waals surface area contributed by atoms with Crippen LogP contribution in [-0.4, -0.2) is 54.1 Å². The highest BCUT2D eigenvalue weighted by atomic mass is 16.3. The predicted molar refractivity (Wildman–Crippen MR) is 185 cm³/mol. The van der Waals surface area contributed by atoms with E-state index in [0.29, 0.717) is 49.0 Å². The largest absolute Gasteiger partial charge is 0.469 e. The molecule has 1 fully saturated rings. The molecule has 1 heterocycles. The molecular weight excluding hydrogens is 640 g/mol. The van der Waals surface area contributed by atoms with Gasteiger partial charge < -0.3 is 36.7 Å². The zero-order chi connectivity index (χ0) is 35.9. The first kappa shape index (κ1) is 37.1. The van der Waals surface area contributed by atoms with Crippen molar-refractivity contribution in [3.05, 3.63) is 108 Å². The Morgan fingerprint density at radius 3 is 2.26 bits per heavy atom. The molecule has 50 heavy (non-hydrogen) atoms. The lowest BCUT2D eigenvalue weighted by Gasteiger charge is -2.28. The van der Waals surface area contributed by atoms with Gasteiger partial charge in [-0.1, -0.05) is 55.1 Å². The van der Waals surface area contributed by atoms with Gasteiger partial charge in [0.1, 0.15) is 17.8 Å². The Balaban J connectivity index is 1.36. The number of carbonyl (C=O) groups excluding carboxylic acids is 6. The van der Waals surface area contributed by atoms with E-state index >= 15 is 0 Å². The van der Waals surface area contributed by atoms with E-state index < -0.39 is 29.8 Å². The molecule has 0 saturated heterocycles. The van der Waals surface area contributed by atoms with Crippen molar-refractivity contribution in [2.45, 2.75) is 76.2 Å². The molecule has 0 radical (unpaired) electrons. The third-order valence-corrected chi connectivity index (χ3v) is 8.70. The first-order valence-corrected chi connectivity index (χ1v) is 16.6. The molecule has 1 saturated carbocycles. The number of amides is 6. The van der Waals surface area contributed by atoms with Crippen molar-refractivity contribution < 1.29 is 33.2 Å². The van der Waals surface area contributed by atoms with Crippen LogP contribution in [0.5, 0.6) is 0 Å². The molecule has 0 spiro atoms. The molecule has 3 aromatic rings. The van der Waals surface area contributed by atoms with Crippen molar-refractivity contribution >= 4 is 35.9 Å². The lowest BCUT2D eigenvalue weighted by atomic mass is 9.85. The summed E-state index contributed by atoms with van der Waals surface area (Å²) in [6.45, 7) is 3.79. The number of nitrogens with two attached hydrogens (primary N) is 1. The van der Waals surface area contributed by atoms with E-state index in [-0.39, 0.29) is 56.1 Å². The summed E-state index contributed by atoms with van der Waals surface area (Å²) >= 11 is 0. The van der Waals surface area contributed by atoms with Gasteiger partial charge in [-0.25, -0.2) is 0 Å². The fourth-order valence-corrected chi connectivity index (χ4v) is 5.96. The molecule has 4 rings (SSSR count). The molecule has 264 valence electrons. The highest BCUT2D eigenvalue weighted by Gasteiger charge is 2.30. The molecule has 1 aliphatic rings. The van der Waals surface area contributed by atoms with E-state index in [4.69, 9.17) is 10.2 Å². The zero-order valence-corrected chi connectivity index (χ0v) is 27.8. The standard InChI is InChI=1S/C37H44N6O7/c1-2-33(45)39-21-25-8-5-7-24(17-25)18-31(35(38)47)42-34(46)19-27-9-3-4-10-28(27)22-40-37(49)32(20-30-11-6-16-50-30)43-36(48)26-12-14-29(15-13-26)41-23-44/h2-11,16-17,23,26,29,31-32H,1,12-15,18-22H2,(H2,38,47)(H,39,45)(H,40,49)(H,41,44)(H,42,46)(H,43,48)/t26-,29+,31-,32-/m0/s1. The first-order chi connectivity index (χ1) is 24.1. The van der Waals surface area contributed by atoms with Crippen molar-refractivity contribution in [1.29, 1.82) is 0 Å². The number of hydrogen-bond donors (Lipinski definition) is 6. The maximum atomic E-state index is 13.5. The molecule has 1 aromatic heterocycles. The average molecular weight is 685 g/mol. The van der Waals surface area contributed by atoms with E-state index in [1.54, 1.807) is 48.5 Å². The van der Waals surface area contributed by atoms with Gasteiger partial charge in [-0.05, 0) is 66.1 Å². The van der Waals surface area contributed by atoms with Crippen LogP contribution in [-0.2, 0) is 61.1 Å². The lowest BCUT2D eigenvalue weighted by molar-refractivity contribution is -0.132. The monoisotopic (exact) mass is 684 g/mol. The Kier molecular flexibility index (Phi) is 13.9. The van der Waals surface area contributed by atoms with Gasteiger partial charge in [-0.3, -0.25) is 28.8 Å². The normalized spacial score (nSPS) is 16.6. The van der Waals surface area contributed by atoms with Gasteiger partial charge in [0.05, 0.1) is 12.7 Å². The van der Waals surface area contributed by atoms with Gasteiger partial charge in [-0.15, -0.1) is 0 Å². The summed E-state index contributed by atoms with van der Waals surface area (Å²) < 4.78 is 5.45. The molecule has 0 bridgehead atoms. The van der Waals surface area contributed by atoms with Crippen LogP contribution in [0.15, 0.2) is 84.0 Å². The first-order valence-electron chi connectivity index (χ1n) is 16.6. The smallest absolute Gasteiger partial charge is 0.243 e. The number of carbonyl (C=O) groups is 6. The van der Waals surface area contributed by atoms with Gasteiger partial charge in [0, 0.05) is 37.9 Å². The maximum absolute atomic E-state index is 13.5. The molecule has 6 amide bonds.